The quantitative estimate of drug-likeness (QED) is 0.535. The van der Waals surface area contributed by atoms with Gasteiger partial charge in [0.15, 0.2) is 0 Å². The summed E-state index contributed by atoms with van der Waals surface area (Å²) in [6.07, 6.45) is 0. The van der Waals surface area contributed by atoms with Crippen LogP contribution in [-0.4, -0.2) is 3.79 Å². The van der Waals surface area contributed by atoms with Gasteiger partial charge < -0.3 is 0 Å². The van der Waals surface area contributed by atoms with E-state index in [4.69, 9.17) is 69.0 Å². The highest BCUT2D eigenvalue weighted by molar-refractivity contribution is 6.68. The summed E-state index contributed by atoms with van der Waals surface area (Å²) >= 11 is 29.6. The van der Waals surface area contributed by atoms with Gasteiger partial charge in [0, 0.05) is 11.4 Å². The highest BCUT2D eigenvalue weighted by Gasteiger charge is 2.35. The highest BCUT2D eigenvalue weighted by Crippen LogP contribution is 2.45. The molecule has 19 heavy (non-hydrogen) atoms. The molecule has 5 heteroatoms. The molecule has 1 unspecified atom stereocenters. The SMILES string of the molecule is [2H]c1cc(C([2H])(c2c([2H])c([2H])c(Cl)c([2H])c2[2H])C(Cl)(Cl)Cl)c([2H])c([2H])c1Cl. The lowest BCUT2D eigenvalue weighted by molar-refractivity contribution is 0.839. The van der Waals surface area contributed by atoms with E-state index in [1.807, 2.05) is 0 Å². The molecule has 0 aliphatic rings. The van der Waals surface area contributed by atoms with E-state index in [1.165, 1.54) is 0 Å². The first-order valence-electron chi connectivity index (χ1n) is 8.77. The molecule has 0 spiro atoms. The van der Waals surface area contributed by atoms with Crippen LogP contribution in [0.25, 0.3) is 0 Å². The fraction of sp³-hybridized carbons (Fsp3) is 0.143. The Kier molecular flexibility index (Phi) is 2.50. The number of benzene rings is 2. The maximum atomic E-state index is 8.83. The Morgan fingerprint density at radius 3 is 1.84 bits per heavy atom. The molecule has 2 aromatic rings. The summed E-state index contributed by atoms with van der Waals surface area (Å²) in [5.74, 6) is -2.67. The molecule has 0 aliphatic heterocycles. The molecule has 0 bridgehead atoms. The van der Waals surface area contributed by atoms with Crippen LogP contribution in [0.4, 0.5) is 0 Å². The second-order valence-corrected chi connectivity index (χ2v) is 6.37. The zero-order chi connectivity index (χ0) is 21.1. The molecule has 0 amide bonds. The van der Waals surface area contributed by atoms with Gasteiger partial charge in [0.2, 0.25) is 3.79 Å². The van der Waals surface area contributed by atoms with Crippen LogP contribution in [-0.2, 0) is 0 Å². The summed E-state index contributed by atoms with van der Waals surface area (Å²) in [5, 5.41) is -0.837. The van der Waals surface area contributed by atoms with Gasteiger partial charge in [-0.25, -0.2) is 0 Å². The van der Waals surface area contributed by atoms with Crippen molar-refractivity contribution in [1.82, 2.24) is 0 Å². The van der Waals surface area contributed by atoms with E-state index in [-0.39, 0.29) is 5.02 Å². The number of halogens is 5. The summed E-state index contributed by atoms with van der Waals surface area (Å²) in [4.78, 5) is 0. The van der Waals surface area contributed by atoms with Gasteiger partial charge >= 0.3 is 0 Å². The van der Waals surface area contributed by atoms with E-state index in [1.54, 1.807) is 0 Å². The molecule has 0 aliphatic carbocycles. The molecule has 0 saturated heterocycles. The molecule has 0 N–H and O–H groups in total. The smallest absolute Gasteiger partial charge is 0.0843 e. The minimum atomic E-state index is -2.67. The van der Waals surface area contributed by atoms with Gasteiger partial charge in [0.25, 0.3) is 0 Å². The van der Waals surface area contributed by atoms with E-state index in [0.29, 0.717) is 0 Å². The van der Waals surface area contributed by atoms with Crippen molar-refractivity contribution in [3.63, 3.8) is 0 Å². The van der Waals surface area contributed by atoms with Crippen LogP contribution >= 0.6 is 58.0 Å². The lowest BCUT2D eigenvalue weighted by Crippen LogP contribution is -2.18. The molecule has 2 aromatic carbocycles. The Balaban J connectivity index is 3.09. The first-order chi connectivity index (χ1) is 12.2. The highest BCUT2D eigenvalue weighted by atomic mass is 35.6. The van der Waals surface area contributed by atoms with Crippen molar-refractivity contribution in [3.05, 3.63) is 69.5 Å². The number of rotatable bonds is 2. The van der Waals surface area contributed by atoms with Crippen LogP contribution in [0, 0.1) is 0 Å². The molecule has 100 valence electrons. The minimum Gasteiger partial charge on any atom is -0.0843 e. The van der Waals surface area contributed by atoms with Crippen molar-refractivity contribution in [2.45, 2.75) is 9.69 Å². The van der Waals surface area contributed by atoms with Gasteiger partial charge in [-0.3, -0.25) is 0 Å². The summed E-state index contributed by atoms with van der Waals surface area (Å²) in [7, 11) is 0. The van der Waals surface area contributed by atoms with Crippen molar-refractivity contribution in [2.75, 3.05) is 0 Å². The van der Waals surface area contributed by atoms with E-state index in [2.05, 4.69) is 0 Å². The van der Waals surface area contributed by atoms with E-state index >= 15 is 0 Å². The molecule has 2 rings (SSSR count). The zero-order valence-electron chi connectivity index (χ0n) is 17.0. The van der Waals surface area contributed by atoms with Gasteiger partial charge in [-0.15, -0.1) is 0 Å². The van der Waals surface area contributed by atoms with E-state index in [9.17, 15) is 0 Å². The Bertz CT molecular complexity index is 914. The van der Waals surface area contributed by atoms with Crippen LogP contribution in [0.15, 0.2) is 48.4 Å². The second-order valence-electron chi connectivity index (χ2n) is 3.33. The number of alkyl halides is 3. The lowest BCUT2D eigenvalue weighted by atomic mass is 9.92. The summed E-state index contributed by atoms with van der Waals surface area (Å²) in [5.41, 5.74) is -1.14. The van der Waals surface area contributed by atoms with Gasteiger partial charge in [0.1, 0.15) is 0 Å². The Labute approximate surface area is 148 Å². The van der Waals surface area contributed by atoms with E-state index < -0.39 is 68.1 Å². The van der Waals surface area contributed by atoms with E-state index in [0.717, 1.165) is 6.07 Å². The maximum absolute atomic E-state index is 8.83. The molecule has 0 fully saturated rings. The van der Waals surface area contributed by atoms with Crippen molar-refractivity contribution < 1.29 is 11.0 Å². The fourth-order valence-electron chi connectivity index (χ4n) is 1.32. The fourth-order valence-corrected chi connectivity index (χ4v) is 2.10. The molecule has 1 atom stereocenters. The summed E-state index contributed by atoms with van der Waals surface area (Å²) in [6.45, 7) is 0. The van der Waals surface area contributed by atoms with Crippen molar-refractivity contribution in [2.24, 2.45) is 0 Å². The average molecular weight is 363 g/mol. The van der Waals surface area contributed by atoms with Crippen LogP contribution in [0.3, 0.4) is 0 Å². The number of hydrogen-bond donors (Lipinski definition) is 0. The molecule has 0 aromatic heterocycles. The topological polar surface area (TPSA) is 0 Å². The van der Waals surface area contributed by atoms with Gasteiger partial charge in [0.05, 0.1) is 15.5 Å². The monoisotopic (exact) mass is 360 g/mol. The summed E-state index contributed by atoms with van der Waals surface area (Å²) in [6, 6.07) is -3.55. The van der Waals surface area contributed by atoms with Crippen LogP contribution < -0.4 is 0 Å². The third kappa shape index (κ3) is 3.93. The normalized spacial score (nSPS) is 20.9. The second kappa shape index (κ2) is 6.11. The first kappa shape index (κ1) is 7.77. The van der Waals surface area contributed by atoms with Gasteiger partial charge in [-0.2, -0.15) is 0 Å². The molecular formula is C14H9Cl5. The molecule has 0 nitrogen and oxygen atoms in total. The average Bonchev–Trinajstić information content (AvgIpc) is 2.58. The van der Waals surface area contributed by atoms with Crippen LogP contribution in [0.1, 0.15) is 28.0 Å². The molecule has 0 saturated carbocycles. The van der Waals surface area contributed by atoms with Crippen LogP contribution in [0.2, 0.25) is 10.0 Å². The van der Waals surface area contributed by atoms with Gasteiger partial charge in [-0.1, -0.05) is 82.2 Å². The summed E-state index contributed by atoms with van der Waals surface area (Å²) < 4.78 is 62.0. The maximum Gasteiger partial charge on any atom is 0.201 e. The largest absolute Gasteiger partial charge is 0.201 e. The molecule has 0 heterocycles. The number of hydrogen-bond acceptors (Lipinski definition) is 0. The zero-order valence-corrected chi connectivity index (χ0v) is 12.7. The van der Waals surface area contributed by atoms with Crippen molar-refractivity contribution in [3.8, 4) is 0 Å². The third-order valence-corrected chi connectivity index (χ3v) is 3.01. The van der Waals surface area contributed by atoms with Gasteiger partial charge in [-0.05, 0) is 35.3 Å². The third-order valence-electron chi connectivity index (χ3n) is 2.05. The molecular weight excluding hydrogens is 345 g/mol. The predicted octanol–water partition coefficient (Wildman–Crippen LogP) is 6.50. The van der Waals surface area contributed by atoms with Crippen molar-refractivity contribution in [1.29, 1.82) is 0 Å². The standard InChI is InChI=1S/C14H9Cl5/c15-11-5-1-9(2-6-11)13(14(17,18)19)10-3-7-12(16)8-4-10/h1-8,13H/i1D,2D,3D,5D,6D,7D,8D,13D. The lowest BCUT2D eigenvalue weighted by Gasteiger charge is -2.25. The first-order valence-corrected chi connectivity index (χ1v) is 6.66. The minimum absolute atomic E-state index is 0.355. The Morgan fingerprint density at radius 1 is 0.842 bits per heavy atom. The Morgan fingerprint density at radius 2 is 1.32 bits per heavy atom. The van der Waals surface area contributed by atoms with Crippen molar-refractivity contribution >= 4 is 58.0 Å². The molecule has 0 radical (unpaired) electrons. The Hall–Kier alpha value is -0.110. The predicted molar refractivity (Wildman–Crippen MR) is 85.0 cm³/mol. The van der Waals surface area contributed by atoms with Crippen LogP contribution in [0.5, 0.6) is 0 Å².